The van der Waals surface area contributed by atoms with Crippen LogP contribution in [-0.4, -0.2) is 26.9 Å². The Morgan fingerprint density at radius 3 is 2.89 bits per heavy atom. The van der Waals surface area contributed by atoms with E-state index in [9.17, 15) is 0 Å². The average molecular weight is 265 g/mol. The van der Waals surface area contributed by atoms with Crippen molar-refractivity contribution in [3.05, 3.63) is 29.8 Å². The highest BCUT2D eigenvalue weighted by Crippen LogP contribution is 2.15. The van der Waals surface area contributed by atoms with Crippen LogP contribution in [0, 0.1) is 5.92 Å². The van der Waals surface area contributed by atoms with Crippen LogP contribution in [0.4, 0.5) is 0 Å². The highest BCUT2D eigenvalue weighted by atomic mass is 16.5. The standard InChI is InChI=1S/C16H27NO2/c1-4-6-14(2)13-19-16-8-5-7-15(11-16)12-17-9-10-18-3/h5,7-8,11,14,17H,4,6,9-10,12-13H2,1-3H3. The highest BCUT2D eigenvalue weighted by Gasteiger charge is 2.02. The number of rotatable bonds is 10. The smallest absolute Gasteiger partial charge is 0.119 e. The van der Waals surface area contributed by atoms with Crippen LogP contribution in [-0.2, 0) is 11.3 Å². The number of nitrogens with one attached hydrogen (secondary N) is 1. The van der Waals surface area contributed by atoms with Gasteiger partial charge in [0.1, 0.15) is 5.75 Å². The SMILES string of the molecule is CCCC(C)COc1cccc(CNCCOC)c1. The minimum atomic E-state index is 0.619. The number of ether oxygens (including phenoxy) is 2. The van der Waals surface area contributed by atoms with Crippen molar-refractivity contribution in [1.29, 1.82) is 0 Å². The van der Waals surface area contributed by atoms with Crippen molar-refractivity contribution < 1.29 is 9.47 Å². The molecular formula is C16H27NO2. The molecule has 1 atom stereocenters. The number of methoxy groups -OCH3 is 1. The van der Waals surface area contributed by atoms with E-state index in [4.69, 9.17) is 9.47 Å². The molecule has 1 rings (SSSR count). The Labute approximate surface area is 117 Å². The van der Waals surface area contributed by atoms with Crippen molar-refractivity contribution in [2.75, 3.05) is 26.9 Å². The first-order valence-electron chi connectivity index (χ1n) is 7.17. The van der Waals surface area contributed by atoms with Gasteiger partial charge in [0.25, 0.3) is 0 Å². The van der Waals surface area contributed by atoms with Gasteiger partial charge in [-0.3, -0.25) is 0 Å². The molecule has 3 heteroatoms. The van der Waals surface area contributed by atoms with Gasteiger partial charge in [-0.1, -0.05) is 32.4 Å². The van der Waals surface area contributed by atoms with Crippen LogP contribution in [0.25, 0.3) is 0 Å². The van der Waals surface area contributed by atoms with Gasteiger partial charge in [0.15, 0.2) is 0 Å². The summed E-state index contributed by atoms with van der Waals surface area (Å²) in [6, 6.07) is 8.30. The zero-order chi connectivity index (χ0) is 13.9. The number of hydrogen-bond acceptors (Lipinski definition) is 3. The molecule has 1 N–H and O–H groups in total. The Kier molecular flexibility index (Phi) is 8.26. The summed E-state index contributed by atoms with van der Waals surface area (Å²) in [4.78, 5) is 0. The van der Waals surface area contributed by atoms with E-state index in [1.807, 2.05) is 12.1 Å². The molecule has 0 bridgehead atoms. The van der Waals surface area contributed by atoms with Gasteiger partial charge >= 0.3 is 0 Å². The fourth-order valence-electron chi connectivity index (χ4n) is 1.97. The van der Waals surface area contributed by atoms with E-state index in [0.29, 0.717) is 5.92 Å². The van der Waals surface area contributed by atoms with E-state index in [0.717, 1.165) is 32.1 Å². The summed E-state index contributed by atoms with van der Waals surface area (Å²) in [6.45, 7) is 7.71. The lowest BCUT2D eigenvalue weighted by Crippen LogP contribution is -2.18. The van der Waals surface area contributed by atoms with Crippen LogP contribution in [0.5, 0.6) is 5.75 Å². The van der Waals surface area contributed by atoms with Crippen LogP contribution >= 0.6 is 0 Å². The minimum absolute atomic E-state index is 0.619. The summed E-state index contributed by atoms with van der Waals surface area (Å²) in [5, 5.41) is 3.33. The van der Waals surface area contributed by atoms with E-state index in [2.05, 4.69) is 31.3 Å². The van der Waals surface area contributed by atoms with Gasteiger partial charge in [-0.25, -0.2) is 0 Å². The second-order valence-corrected chi connectivity index (χ2v) is 5.02. The molecular weight excluding hydrogens is 238 g/mol. The molecule has 19 heavy (non-hydrogen) atoms. The molecule has 3 nitrogen and oxygen atoms in total. The van der Waals surface area contributed by atoms with Crippen LogP contribution < -0.4 is 10.1 Å². The fourth-order valence-corrected chi connectivity index (χ4v) is 1.97. The van der Waals surface area contributed by atoms with Crippen molar-refractivity contribution in [2.24, 2.45) is 5.92 Å². The Morgan fingerprint density at radius 1 is 1.32 bits per heavy atom. The molecule has 0 radical (unpaired) electrons. The van der Waals surface area contributed by atoms with E-state index >= 15 is 0 Å². The van der Waals surface area contributed by atoms with Crippen molar-refractivity contribution in [2.45, 2.75) is 33.2 Å². The predicted molar refractivity (Wildman–Crippen MR) is 79.6 cm³/mol. The number of hydrogen-bond donors (Lipinski definition) is 1. The van der Waals surface area contributed by atoms with Crippen molar-refractivity contribution in [3.8, 4) is 5.75 Å². The van der Waals surface area contributed by atoms with Gasteiger partial charge in [0, 0.05) is 20.2 Å². The van der Waals surface area contributed by atoms with Gasteiger partial charge in [-0.2, -0.15) is 0 Å². The maximum absolute atomic E-state index is 5.84. The van der Waals surface area contributed by atoms with Gasteiger partial charge in [0.05, 0.1) is 13.2 Å². The Hall–Kier alpha value is -1.06. The topological polar surface area (TPSA) is 30.5 Å². The molecule has 0 saturated heterocycles. The van der Waals surface area contributed by atoms with Crippen LogP contribution in [0.2, 0.25) is 0 Å². The molecule has 0 spiro atoms. The zero-order valence-corrected chi connectivity index (χ0v) is 12.4. The molecule has 0 aliphatic heterocycles. The van der Waals surface area contributed by atoms with E-state index in [-0.39, 0.29) is 0 Å². The summed E-state index contributed by atoms with van der Waals surface area (Å²) in [5.41, 5.74) is 1.25. The van der Waals surface area contributed by atoms with Gasteiger partial charge in [0.2, 0.25) is 0 Å². The van der Waals surface area contributed by atoms with E-state index in [1.165, 1.54) is 18.4 Å². The molecule has 0 aromatic heterocycles. The van der Waals surface area contributed by atoms with Crippen molar-refractivity contribution in [1.82, 2.24) is 5.32 Å². The molecule has 1 unspecified atom stereocenters. The summed E-state index contributed by atoms with van der Waals surface area (Å²) >= 11 is 0. The molecule has 1 aromatic carbocycles. The van der Waals surface area contributed by atoms with Crippen molar-refractivity contribution >= 4 is 0 Å². The molecule has 0 aliphatic rings. The molecule has 0 heterocycles. The van der Waals surface area contributed by atoms with Gasteiger partial charge in [-0.15, -0.1) is 0 Å². The second kappa shape index (κ2) is 9.82. The third-order valence-corrected chi connectivity index (χ3v) is 3.03. The van der Waals surface area contributed by atoms with E-state index < -0.39 is 0 Å². The number of benzene rings is 1. The molecule has 0 saturated carbocycles. The monoisotopic (exact) mass is 265 g/mol. The molecule has 0 aliphatic carbocycles. The third kappa shape index (κ3) is 7.19. The average Bonchev–Trinajstić information content (AvgIpc) is 2.42. The fraction of sp³-hybridized carbons (Fsp3) is 0.625. The lowest BCUT2D eigenvalue weighted by Gasteiger charge is -2.13. The zero-order valence-electron chi connectivity index (χ0n) is 12.4. The summed E-state index contributed by atoms with van der Waals surface area (Å²) in [5.74, 6) is 1.59. The summed E-state index contributed by atoms with van der Waals surface area (Å²) in [7, 11) is 1.72. The first-order valence-corrected chi connectivity index (χ1v) is 7.17. The third-order valence-electron chi connectivity index (χ3n) is 3.03. The molecule has 1 aromatic rings. The lowest BCUT2D eigenvalue weighted by atomic mass is 10.1. The van der Waals surface area contributed by atoms with Gasteiger partial charge < -0.3 is 14.8 Å². The Morgan fingerprint density at radius 2 is 2.16 bits per heavy atom. The largest absolute Gasteiger partial charge is 0.493 e. The molecule has 108 valence electrons. The predicted octanol–water partition coefficient (Wildman–Crippen LogP) is 3.24. The van der Waals surface area contributed by atoms with Crippen molar-refractivity contribution in [3.63, 3.8) is 0 Å². The maximum Gasteiger partial charge on any atom is 0.119 e. The highest BCUT2D eigenvalue weighted by molar-refractivity contribution is 5.28. The molecule has 0 amide bonds. The lowest BCUT2D eigenvalue weighted by molar-refractivity contribution is 0.199. The van der Waals surface area contributed by atoms with E-state index in [1.54, 1.807) is 7.11 Å². The van der Waals surface area contributed by atoms with Crippen LogP contribution in [0.1, 0.15) is 32.3 Å². The first-order chi connectivity index (χ1) is 9.26. The van der Waals surface area contributed by atoms with Gasteiger partial charge in [-0.05, 0) is 30.0 Å². The Balaban J connectivity index is 2.34. The first kappa shape index (κ1) is 16.0. The minimum Gasteiger partial charge on any atom is -0.493 e. The Bertz CT molecular complexity index is 341. The summed E-state index contributed by atoms with van der Waals surface area (Å²) in [6.07, 6.45) is 2.44. The maximum atomic E-state index is 5.84. The summed E-state index contributed by atoms with van der Waals surface area (Å²) < 4.78 is 10.8. The molecule has 0 fully saturated rings. The van der Waals surface area contributed by atoms with Crippen LogP contribution in [0.3, 0.4) is 0 Å². The van der Waals surface area contributed by atoms with Crippen LogP contribution in [0.15, 0.2) is 24.3 Å². The normalized spacial score (nSPS) is 12.4. The quantitative estimate of drug-likeness (QED) is 0.659. The second-order valence-electron chi connectivity index (χ2n) is 5.02.